The van der Waals surface area contributed by atoms with Gasteiger partial charge in [-0.2, -0.15) is 0 Å². The number of rotatable bonds is 1. The molecule has 86 valence electrons. The van der Waals surface area contributed by atoms with Crippen molar-refractivity contribution < 1.29 is 0 Å². The number of H-pyrrole nitrogens is 1. The molecule has 1 aromatic carbocycles. The van der Waals surface area contributed by atoms with Crippen molar-refractivity contribution in [3.05, 3.63) is 54.9 Å². The second-order valence-corrected chi connectivity index (χ2v) is 4.19. The molecular formula is C14H10N4. The van der Waals surface area contributed by atoms with Crippen molar-refractivity contribution in [1.82, 2.24) is 19.4 Å². The molecule has 4 heteroatoms. The van der Waals surface area contributed by atoms with Crippen molar-refractivity contribution in [3.8, 4) is 11.5 Å². The van der Waals surface area contributed by atoms with E-state index >= 15 is 0 Å². The molecule has 0 aliphatic heterocycles. The highest BCUT2D eigenvalue weighted by atomic mass is 15.0. The summed E-state index contributed by atoms with van der Waals surface area (Å²) in [5, 5.41) is 0. The Morgan fingerprint density at radius 2 is 1.83 bits per heavy atom. The van der Waals surface area contributed by atoms with E-state index in [9.17, 15) is 0 Å². The lowest BCUT2D eigenvalue weighted by atomic mass is 10.3. The predicted molar refractivity (Wildman–Crippen MR) is 70.3 cm³/mol. The molecule has 0 bridgehead atoms. The van der Waals surface area contributed by atoms with E-state index in [1.54, 1.807) is 0 Å². The average Bonchev–Trinajstić information content (AvgIpc) is 3.02. The molecular weight excluding hydrogens is 224 g/mol. The van der Waals surface area contributed by atoms with Gasteiger partial charge in [-0.15, -0.1) is 0 Å². The fraction of sp³-hybridized carbons (Fsp3) is 0. The first-order valence-corrected chi connectivity index (χ1v) is 5.79. The average molecular weight is 234 g/mol. The van der Waals surface area contributed by atoms with E-state index in [0.29, 0.717) is 0 Å². The second-order valence-electron chi connectivity index (χ2n) is 4.19. The van der Waals surface area contributed by atoms with Gasteiger partial charge in [0.15, 0.2) is 5.82 Å². The smallest absolute Gasteiger partial charge is 0.158 e. The zero-order chi connectivity index (χ0) is 11.9. The van der Waals surface area contributed by atoms with Crippen LogP contribution in [0.25, 0.3) is 28.2 Å². The van der Waals surface area contributed by atoms with E-state index < -0.39 is 0 Å². The third-order valence-electron chi connectivity index (χ3n) is 3.00. The van der Waals surface area contributed by atoms with Crippen LogP contribution in [0.2, 0.25) is 0 Å². The third kappa shape index (κ3) is 1.32. The van der Waals surface area contributed by atoms with Crippen molar-refractivity contribution >= 4 is 16.7 Å². The Morgan fingerprint density at radius 1 is 0.944 bits per heavy atom. The van der Waals surface area contributed by atoms with Crippen molar-refractivity contribution in [2.24, 2.45) is 0 Å². The van der Waals surface area contributed by atoms with Gasteiger partial charge < -0.3 is 9.38 Å². The lowest BCUT2D eigenvalue weighted by Crippen LogP contribution is -1.78. The molecule has 0 radical (unpaired) electrons. The molecule has 0 aliphatic rings. The fourth-order valence-electron chi connectivity index (χ4n) is 2.12. The van der Waals surface area contributed by atoms with E-state index in [1.165, 1.54) is 0 Å². The number of hydrogen-bond acceptors (Lipinski definition) is 2. The SMILES string of the molecule is c1ccc2[nH]c(-c3cn4ccccc4n3)nc2c1. The molecule has 0 atom stereocenters. The monoisotopic (exact) mass is 234 g/mol. The summed E-state index contributed by atoms with van der Waals surface area (Å²) in [5.74, 6) is 0.805. The minimum Gasteiger partial charge on any atom is -0.337 e. The van der Waals surface area contributed by atoms with Crippen LogP contribution in [0.4, 0.5) is 0 Å². The summed E-state index contributed by atoms with van der Waals surface area (Å²) in [6, 6.07) is 13.9. The van der Waals surface area contributed by atoms with Crippen molar-refractivity contribution in [2.75, 3.05) is 0 Å². The molecule has 0 aliphatic carbocycles. The lowest BCUT2D eigenvalue weighted by molar-refractivity contribution is 1.19. The van der Waals surface area contributed by atoms with Gasteiger partial charge in [-0.1, -0.05) is 18.2 Å². The predicted octanol–water partition coefficient (Wildman–Crippen LogP) is 2.88. The molecule has 4 nitrogen and oxygen atoms in total. The van der Waals surface area contributed by atoms with Gasteiger partial charge in [0.05, 0.1) is 11.0 Å². The number of nitrogens with one attached hydrogen (secondary N) is 1. The maximum atomic E-state index is 4.55. The normalized spacial score (nSPS) is 11.3. The largest absolute Gasteiger partial charge is 0.337 e. The highest BCUT2D eigenvalue weighted by Gasteiger charge is 2.08. The number of para-hydroxylation sites is 2. The highest BCUT2D eigenvalue weighted by molar-refractivity contribution is 5.78. The van der Waals surface area contributed by atoms with Gasteiger partial charge in [0.25, 0.3) is 0 Å². The summed E-state index contributed by atoms with van der Waals surface area (Å²) in [6.07, 6.45) is 3.96. The van der Waals surface area contributed by atoms with E-state index in [4.69, 9.17) is 0 Å². The van der Waals surface area contributed by atoms with Crippen LogP contribution < -0.4 is 0 Å². The lowest BCUT2D eigenvalue weighted by Gasteiger charge is -1.86. The van der Waals surface area contributed by atoms with Gasteiger partial charge in [-0.05, 0) is 24.3 Å². The van der Waals surface area contributed by atoms with Crippen LogP contribution in [0.1, 0.15) is 0 Å². The number of aromatic nitrogens is 4. The number of imidazole rings is 2. The molecule has 4 rings (SSSR count). The van der Waals surface area contributed by atoms with Crippen LogP contribution >= 0.6 is 0 Å². The van der Waals surface area contributed by atoms with Gasteiger partial charge in [0, 0.05) is 12.4 Å². The molecule has 18 heavy (non-hydrogen) atoms. The van der Waals surface area contributed by atoms with Crippen LogP contribution in [-0.4, -0.2) is 19.4 Å². The summed E-state index contributed by atoms with van der Waals surface area (Å²) in [4.78, 5) is 12.4. The number of pyridine rings is 1. The van der Waals surface area contributed by atoms with Crippen LogP contribution in [0.3, 0.4) is 0 Å². The molecule has 3 aromatic heterocycles. The summed E-state index contributed by atoms with van der Waals surface area (Å²) in [5.41, 5.74) is 3.78. The standard InChI is InChI=1S/C14H10N4/c1-2-6-11-10(5-1)16-14(17-11)12-9-18-8-4-3-7-13(18)15-12/h1-9H,(H,16,17). The van der Waals surface area contributed by atoms with Crippen molar-refractivity contribution in [3.63, 3.8) is 0 Å². The van der Waals surface area contributed by atoms with Crippen molar-refractivity contribution in [1.29, 1.82) is 0 Å². The van der Waals surface area contributed by atoms with Gasteiger partial charge in [-0.3, -0.25) is 0 Å². The number of benzene rings is 1. The molecule has 0 fully saturated rings. The molecule has 3 heterocycles. The Balaban J connectivity index is 1.95. The Bertz CT molecular complexity index is 703. The summed E-state index contributed by atoms with van der Waals surface area (Å²) < 4.78 is 1.99. The molecule has 0 spiro atoms. The number of fused-ring (bicyclic) bond motifs is 2. The Morgan fingerprint density at radius 3 is 2.72 bits per heavy atom. The van der Waals surface area contributed by atoms with Crippen LogP contribution in [0.5, 0.6) is 0 Å². The van der Waals surface area contributed by atoms with Gasteiger partial charge >= 0.3 is 0 Å². The maximum absolute atomic E-state index is 4.55. The molecule has 0 saturated carbocycles. The van der Waals surface area contributed by atoms with Gasteiger partial charge in [-0.25, -0.2) is 9.97 Å². The summed E-state index contributed by atoms with van der Waals surface area (Å²) in [6.45, 7) is 0. The number of hydrogen-bond donors (Lipinski definition) is 1. The zero-order valence-electron chi connectivity index (χ0n) is 9.54. The second kappa shape index (κ2) is 3.43. The molecule has 4 aromatic rings. The first-order valence-electron chi connectivity index (χ1n) is 5.79. The Hall–Kier alpha value is -2.62. The quantitative estimate of drug-likeness (QED) is 0.550. The van der Waals surface area contributed by atoms with Crippen LogP contribution in [0.15, 0.2) is 54.9 Å². The van der Waals surface area contributed by atoms with Gasteiger partial charge in [0.2, 0.25) is 0 Å². The minimum atomic E-state index is 0.805. The van der Waals surface area contributed by atoms with Crippen molar-refractivity contribution in [2.45, 2.75) is 0 Å². The highest BCUT2D eigenvalue weighted by Crippen LogP contribution is 2.19. The number of nitrogens with zero attached hydrogens (tertiary/aromatic N) is 3. The Labute approximate surface area is 103 Å². The Kier molecular flexibility index (Phi) is 1.80. The molecule has 0 unspecified atom stereocenters. The zero-order valence-corrected chi connectivity index (χ0v) is 9.54. The van der Waals surface area contributed by atoms with Crippen LogP contribution in [0, 0.1) is 0 Å². The number of aromatic amines is 1. The minimum absolute atomic E-state index is 0.805. The van der Waals surface area contributed by atoms with Crippen LogP contribution in [-0.2, 0) is 0 Å². The van der Waals surface area contributed by atoms with E-state index in [1.807, 2.05) is 59.3 Å². The fourth-order valence-corrected chi connectivity index (χ4v) is 2.12. The summed E-state index contributed by atoms with van der Waals surface area (Å²) in [7, 11) is 0. The van der Waals surface area contributed by atoms with E-state index in [2.05, 4.69) is 15.0 Å². The molecule has 0 amide bonds. The maximum Gasteiger partial charge on any atom is 0.158 e. The molecule has 1 N–H and O–H groups in total. The van der Waals surface area contributed by atoms with Gasteiger partial charge in [0.1, 0.15) is 11.3 Å². The van der Waals surface area contributed by atoms with E-state index in [-0.39, 0.29) is 0 Å². The topological polar surface area (TPSA) is 46.0 Å². The first kappa shape index (κ1) is 9.41. The first-order chi connectivity index (χ1) is 8.90. The van der Waals surface area contributed by atoms with E-state index in [0.717, 1.165) is 28.2 Å². The molecule has 0 saturated heterocycles. The third-order valence-corrected chi connectivity index (χ3v) is 3.00. The summed E-state index contributed by atoms with van der Waals surface area (Å²) >= 11 is 0.